The largest absolute Gasteiger partial charge is 0.497 e. The van der Waals surface area contributed by atoms with Crippen LogP contribution in [0.15, 0.2) is 60.8 Å². The van der Waals surface area contributed by atoms with Crippen LogP contribution < -0.4 is 20.1 Å². The topological polar surface area (TPSA) is 72.5 Å². The average Bonchev–Trinajstić information content (AvgIpc) is 2.74. The van der Waals surface area contributed by atoms with E-state index < -0.39 is 17.5 Å². The molecule has 1 heterocycles. The number of ether oxygens (including phenoxy) is 2. The Hall–Kier alpha value is -3.68. The van der Waals surface area contributed by atoms with E-state index in [1.54, 1.807) is 25.3 Å². The third kappa shape index (κ3) is 5.65. The molecule has 1 amide bonds. The molecule has 3 aromatic rings. The second-order valence-corrected chi connectivity index (χ2v) is 5.96. The first-order valence-corrected chi connectivity index (χ1v) is 8.78. The lowest BCUT2D eigenvalue weighted by atomic mass is 10.2. The number of carbonyl (C=O) groups is 1. The van der Waals surface area contributed by atoms with Crippen LogP contribution in [0.1, 0.15) is 10.5 Å². The van der Waals surface area contributed by atoms with Gasteiger partial charge in [-0.1, -0.05) is 0 Å². The number of anilines is 2. The van der Waals surface area contributed by atoms with Crippen molar-refractivity contribution in [2.45, 2.75) is 0 Å². The van der Waals surface area contributed by atoms with Gasteiger partial charge in [0.2, 0.25) is 0 Å². The first-order valence-electron chi connectivity index (χ1n) is 8.78. The van der Waals surface area contributed by atoms with Crippen molar-refractivity contribution in [3.05, 3.63) is 78.1 Å². The van der Waals surface area contributed by atoms with Crippen molar-refractivity contribution in [2.75, 3.05) is 30.9 Å². The van der Waals surface area contributed by atoms with Crippen LogP contribution in [0.25, 0.3) is 0 Å². The van der Waals surface area contributed by atoms with Crippen molar-refractivity contribution >= 4 is 17.3 Å². The maximum absolute atomic E-state index is 13.7. The highest BCUT2D eigenvalue weighted by Crippen LogP contribution is 2.18. The fourth-order valence-corrected chi connectivity index (χ4v) is 2.48. The fraction of sp³-hybridized carbons (Fsp3) is 0.143. The molecule has 0 spiro atoms. The molecular formula is C21H19F2N3O3. The van der Waals surface area contributed by atoms with E-state index in [4.69, 9.17) is 9.47 Å². The number of rotatable bonds is 8. The third-order valence-corrected chi connectivity index (χ3v) is 3.93. The van der Waals surface area contributed by atoms with Crippen molar-refractivity contribution in [1.82, 2.24) is 4.98 Å². The molecule has 1 aromatic heterocycles. The third-order valence-electron chi connectivity index (χ3n) is 3.93. The van der Waals surface area contributed by atoms with Crippen LogP contribution in [0.5, 0.6) is 11.5 Å². The second-order valence-electron chi connectivity index (χ2n) is 5.96. The molecule has 0 aliphatic rings. The summed E-state index contributed by atoms with van der Waals surface area (Å²) in [6, 6.07) is 13.4. The summed E-state index contributed by atoms with van der Waals surface area (Å²) in [6.07, 6.45) is 1.46. The first-order chi connectivity index (χ1) is 14.0. The zero-order chi connectivity index (χ0) is 20.6. The van der Waals surface area contributed by atoms with Crippen molar-refractivity contribution in [3.63, 3.8) is 0 Å². The number of halogens is 2. The van der Waals surface area contributed by atoms with E-state index in [0.717, 1.165) is 17.9 Å². The van der Waals surface area contributed by atoms with Gasteiger partial charge in [0, 0.05) is 24.5 Å². The van der Waals surface area contributed by atoms with Crippen molar-refractivity contribution in [1.29, 1.82) is 0 Å². The Kier molecular flexibility index (Phi) is 6.57. The second kappa shape index (κ2) is 9.50. The Morgan fingerprint density at radius 2 is 1.79 bits per heavy atom. The number of hydrogen-bond acceptors (Lipinski definition) is 5. The van der Waals surface area contributed by atoms with E-state index >= 15 is 0 Å². The highest BCUT2D eigenvalue weighted by molar-refractivity contribution is 6.03. The van der Waals surface area contributed by atoms with Gasteiger partial charge in [-0.05, 0) is 48.5 Å². The Labute approximate surface area is 166 Å². The molecule has 8 heteroatoms. The highest BCUT2D eigenvalue weighted by atomic mass is 19.1. The summed E-state index contributed by atoms with van der Waals surface area (Å²) in [5, 5.41) is 5.50. The van der Waals surface area contributed by atoms with Gasteiger partial charge in [-0.25, -0.2) is 8.78 Å². The molecule has 6 nitrogen and oxygen atoms in total. The molecule has 150 valence electrons. The minimum Gasteiger partial charge on any atom is -0.497 e. The van der Waals surface area contributed by atoms with Gasteiger partial charge in [0.1, 0.15) is 35.4 Å². The molecule has 29 heavy (non-hydrogen) atoms. The lowest BCUT2D eigenvalue weighted by Gasteiger charge is -2.10. The van der Waals surface area contributed by atoms with Crippen molar-refractivity contribution < 1.29 is 23.0 Å². The minimum atomic E-state index is -0.858. The quantitative estimate of drug-likeness (QED) is 0.558. The van der Waals surface area contributed by atoms with Crippen LogP contribution in [0.2, 0.25) is 0 Å². The monoisotopic (exact) mass is 399 g/mol. The van der Waals surface area contributed by atoms with E-state index in [9.17, 15) is 13.6 Å². The number of amides is 1. The minimum absolute atomic E-state index is 0.0924. The van der Waals surface area contributed by atoms with Crippen LogP contribution in [-0.4, -0.2) is 31.2 Å². The predicted octanol–water partition coefficient (Wildman–Crippen LogP) is 4.11. The maximum atomic E-state index is 13.7. The number of methoxy groups -OCH3 is 1. The summed E-state index contributed by atoms with van der Waals surface area (Å²) in [5.41, 5.74) is 0.627. The van der Waals surface area contributed by atoms with Gasteiger partial charge >= 0.3 is 0 Å². The maximum Gasteiger partial charge on any atom is 0.274 e. The fourth-order valence-electron chi connectivity index (χ4n) is 2.48. The van der Waals surface area contributed by atoms with Crippen molar-refractivity contribution in [2.24, 2.45) is 0 Å². The lowest BCUT2D eigenvalue weighted by molar-refractivity contribution is 0.102. The molecule has 2 N–H and O–H groups in total. The normalized spacial score (nSPS) is 10.3. The van der Waals surface area contributed by atoms with Crippen molar-refractivity contribution in [3.8, 4) is 11.5 Å². The Bertz CT molecular complexity index is 981. The summed E-state index contributed by atoms with van der Waals surface area (Å²) >= 11 is 0. The van der Waals surface area contributed by atoms with Gasteiger partial charge in [-0.15, -0.1) is 0 Å². The van der Waals surface area contributed by atoms with E-state index in [-0.39, 0.29) is 11.4 Å². The molecule has 0 unspecified atom stereocenters. The number of hydrogen-bond donors (Lipinski definition) is 2. The molecule has 0 saturated carbocycles. The molecule has 0 fully saturated rings. The number of nitrogens with zero attached hydrogens (tertiary/aromatic N) is 1. The SMILES string of the molecule is COc1ccc(OCCNc2ccnc(C(=O)Nc3ccc(F)cc3F)c2)cc1. The van der Waals surface area contributed by atoms with Gasteiger partial charge in [-0.3, -0.25) is 9.78 Å². The van der Waals surface area contributed by atoms with E-state index in [1.807, 2.05) is 12.1 Å². The molecule has 0 radical (unpaired) electrons. The van der Waals surface area contributed by atoms with Gasteiger partial charge in [-0.2, -0.15) is 0 Å². The molecule has 0 bridgehead atoms. The number of pyridine rings is 1. The number of nitrogens with one attached hydrogen (secondary N) is 2. The first kappa shape index (κ1) is 20.1. The zero-order valence-corrected chi connectivity index (χ0v) is 15.6. The lowest BCUT2D eigenvalue weighted by Crippen LogP contribution is -2.16. The average molecular weight is 399 g/mol. The Morgan fingerprint density at radius 1 is 1.03 bits per heavy atom. The molecular weight excluding hydrogens is 380 g/mol. The van der Waals surface area contributed by atoms with E-state index in [2.05, 4.69) is 15.6 Å². The molecule has 3 rings (SSSR count). The van der Waals surface area contributed by atoms with Crippen LogP contribution in [-0.2, 0) is 0 Å². The van der Waals surface area contributed by atoms with Crippen LogP contribution in [0.4, 0.5) is 20.2 Å². The van der Waals surface area contributed by atoms with Gasteiger partial charge in [0.25, 0.3) is 5.91 Å². The van der Waals surface area contributed by atoms with E-state index in [1.165, 1.54) is 12.3 Å². The molecule has 0 atom stereocenters. The number of aromatic nitrogens is 1. The zero-order valence-electron chi connectivity index (χ0n) is 15.6. The summed E-state index contributed by atoms with van der Waals surface area (Å²) in [4.78, 5) is 16.3. The predicted molar refractivity (Wildman–Crippen MR) is 106 cm³/mol. The van der Waals surface area contributed by atoms with Gasteiger partial charge in [0.05, 0.1) is 12.8 Å². The van der Waals surface area contributed by atoms with Crippen LogP contribution in [0, 0.1) is 11.6 Å². The standard InChI is InChI=1S/C21H19F2N3O3/c1-28-16-3-5-17(6-4-16)29-11-10-24-15-8-9-25-20(13-15)21(27)26-19-7-2-14(22)12-18(19)23/h2-9,12-13H,10-11H2,1H3,(H,24,25)(H,26,27). The summed E-state index contributed by atoms with van der Waals surface area (Å²) in [7, 11) is 1.60. The molecule has 2 aromatic carbocycles. The number of carbonyl (C=O) groups excluding carboxylic acids is 1. The summed E-state index contributed by atoms with van der Waals surface area (Å²) in [5.74, 6) is -0.721. The smallest absolute Gasteiger partial charge is 0.274 e. The van der Waals surface area contributed by atoms with Crippen LogP contribution >= 0.6 is 0 Å². The highest BCUT2D eigenvalue weighted by Gasteiger charge is 2.12. The summed E-state index contributed by atoms with van der Waals surface area (Å²) in [6.45, 7) is 0.890. The number of benzene rings is 2. The molecule has 0 aliphatic carbocycles. The van der Waals surface area contributed by atoms with Gasteiger partial charge < -0.3 is 20.1 Å². The Morgan fingerprint density at radius 3 is 2.52 bits per heavy atom. The van der Waals surface area contributed by atoms with Gasteiger partial charge in [0.15, 0.2) is 0 Å². The Balaban J connectivity index is 1.52. The van der Waals surface area contributed by atoms with Crippen LogP contribution in [0.3, 0.4) is 0 Å². The molecule has 0 saturated heterocycles. The molecule has 0 aliphatic heterocycles. The summed E-state index contributed by atoms with van der Waals surface area (Å²) < 4.78 is 37.4. The van der Waals surface area contributed by atoms with E-state index in [0.29, 0.717) is 30.7 Å².